The maximum Gasteiger partial charge on any atom is 0.176 e. The van der Waals surface area contributed by atoms with Crippen LogP contribution in [0.15, 0.2) is 30.6 Å². The maximum atomic E-state index is 12.1. The van der Waals surface area contributed by atoms with E-state index in [0.717, 1.165) is 18.9 Å². The van der Waals surface area contributed by atoms with Crippen molar-refractivity contribution in [3.05, 3.63) is 47.0 Å². The fraction of sp³-hybridized carbons (Fsp3) is 0.308. The van der Waals surface area contributed by atoms with E-state index in [1.807, 2.05) is 4.57 Å². The van der Waals surface area contributed by atoms with Crippen LogP contribution in [0, 0.1) is 0 Å². The second-order valence-corrected chi connectivity index (χ2v) is 5.02. The zero-order valence-electron chi connectivity index (χ0n) is 10.3. The molecule has 5 nitrogen and oxygen atoms in total. The van der Waals surface area contributed by atoms with Crippen molar-refractivity contribution in [2.75, 3.05) is 13.1 Å². The number of fused-ring (bicyclic) bond motifs is 1. The predicted octanol–water partition coefficient (Wildman–Crippen LogP) is 1.63. The summed E-state index contributed by atoms with van der Waals surface area (Å²) in [6.07, 6.45) is 1.73. The zero-order chi connectivity index (χ0) is 13.2. The van der Waals surface area contributed by atoms with Crippen LogP contribution in [0.2, 0.25) is 5.02 Å². The van der Waals surface area contributed by atoms with Gasteiger partial charge >= 0.3 is 0 Å². The number of carbonyl (C=O) groups excluding carboxylic acids is 1. The number of rotatable bonds is 3. The lowest BCUT2D eigenvalue weighted by Crippen LogP contribution is -2.37. The van der Waals surface area contributed by atoms with Crippen LogP contribution in [0.5, 0.6) is 0 Å². The van der Waals surface area contributed by atoms with Crippen LogP contribution < -0.4 is 0 Å². The number of hydrogen-bond donors (Lipinski definition) is 0. The van der Waals surface area contributed by atoms with Crippen LogP contribution in [0.4, 0.5) is 0 Å². The molecule has 1 aromatic heterocycles. The molecule has 1 aliphatic heterocycles. The second-order valence-electron chi connectivity index (χ2n) is 4.58. The van der Waals surface area contributed by atoms with E-state index in [9.17, 15) is 4.79 Å². The lowest BCUT2D eigenvalue weighted by molar-refractivity contribution is 0.0908. The van der Waals surface area contributed by atoms with Crippen molar-refractivity contribution >= 4 is 17.4 Å². The van der Waals surface area contributed by atoms with Gasteiger partial charge in [0.1, 0.15) is 12.2 Å². The molecule has 19 heavy (non-hydrogen) atoms. The van der Waals surface area contributed by atoms with E-state index in [1.165, 1.54) is 0 Å². The Bertz CT molecular complexity index is 593. The Labute approximate surface area is 115 Å². The van der Waals surface area contributed by atoms with Crippen LogP contribution in [-0.4, -0.2) is 38.5 Å². The van der Waals surface area contributed by atoms with E-state index in [-0.39, 0.29) is 5.78 Å². The van der Waals surface area contributed by atoms with Crippen LogP contribution in [0.3, 0.4) is 0 Å². The van der Waals surface area contributed by atoms with E-state index >= 15 is 0 Å². The molecule has 0 N–H and O–H groups in total. The summed E-state index contributed by atoms with van der Waals surface area (Å²) < 4.78 is 2.02. The van der Waals surface area contributed by atoms with E-state index in [0.29, 0.717) is 23.7 Å². The first-order valence-corrected chi connectivity index (χ1v) is 6.48. The molecule has 98 valence electrons. The summed E-state index contributed by atoms with van der Waals surface area (Å²) in [4.78, 5) is 14.2. The van der Waals surface area contributed by atoms with Crippen molar-refractivity contribution in [2.45, 2.75) is 13.1 Å². The molecule has 1 aromatic carbocycles. The maximum absolute atomic E-state index is 12.1. The molecule has 0 saturated heterocycles. The summed E-state index contributed by atoms with van der Waals surface area (Å²) in [5.41, 5.74) is 0.691. The molecule has 0 unspecified atom stereocenters. The third-order valence-electron chi connectivity index (χ3n) is 3.25. The SMILES string of the molecule is O=C(CN1CCn2cnnc2C1)c1ccc(Cl)cc1. The van der Waals surface area contributed by atoms with Gasteiger partial charge in [0, 0.05) is 23.7 Å². The lowest BCUT2D eigenvalue weighted by Gasteiger charge is -2.26. The minimum absolute atomic E-state index is 0.102. The molecular weight excluding hydrogens is 264 g/mol. The number of halogens is 1. The minimum Gasteiger partial charge on any atom is -0.315 e. The van der Waals surface area contributed by atoms with Gasteiger partial charge < -0.3 is 4.57 Å². The molecule has 0 atom stereocenters. The quantitative estimate of drug-likeness (QED) is 0.800. The van der Waals surface area contributed by atoms with Crippen LogP contribution in [0.1, 0.15) is 16.2 Å². The average Bonchev–Trinajstić information content (AvgIpc) is 2.87. The molecule has 0 spiro atoms. The summed E-state index contributed by atoms with van der Waals surface area (Å²) in [5, 5.41) is 8.55. The molecule has 0 fully saturated rings. The fourth-order valence-electron chi connectivity index (χ4n) is 2.18. The number of hydrogen-bond acceptors (Lipinski definition) is 4. The van der Waals surface area contributed by atoms with Gasteiger partial charge in [-0.25, -0.2) is 0 Å². The molecule has 0 bridgehead atoms. The first kappa shape index (κ1) is 12.3. The van der Waals surface area contributed by atoms with Gasteiger partial charge in [0.2, 0.25) is 0 Å². The number of aromatic nitrogens is 3. The topological polar surface area (TPSA) is 51.0 Å². The van der Waals surface area contributed by atoms with Gasteiger partial charge in [-0.3, -0.25) is 9.69 Å². The Hall–Kier alpha value is -1.72. The molecule has 0 radical (unpaired) electrons. The Morgan fingerprint density at radius 1 is 1.26 bits per heavy atom. The Balaban J connectivity index is 1.66. The zero-order valence-corrected chi connectivity index (χ0v) is 11.0. The minimum atomic E-state index is 0.102. The van der Waals surface area contributed by atoms with Gasteiger partial charge in [-0.2, -0.15) is 0 Å². The summed E-state index contributed by atoms with van der Waals surface area (Å²) in [6.45, 7) is 2.73. The molecule has 2 heterocycles. The second kappa shape index (κ2) is 5.11. The van der Waals surface area contributed by atoms with Crippen molar-refractivity contribution in [3.8, 4) is 0 Å². The molecule has 2 aromatic rings. The highest BCUT2D eigenvalue weighted by molar-refractivity contribution is 6.30. The monoisotopic (exact) mass is 276 g/mol. The Kier molecular flexibility index (Phi) is 3.31. The first-order valence-electron chi connectivity index (χ1n) is 6.10. The van der Waals surface area contributed by atoms with E-state index in [1.54, 1.807) is 30.6 Å². The highest BCUT2D eigenvalue weighted by atomic mass is 35.5. The number of carbonyl (C=O) groups is 1. The largest absolute Gasteiger partial charge is 0.315 e. The highest BCUT2D eigenvalue weighted by Gasteiger charge is 2.19. The summed E-state index contributed by atoms with van der Waals surface area (Å²) in [7, 11) is 0. The highest BCUT2D eigenvalue weighted by Crippen LogP contribution is 2.13. The molecule has 0 aliphatic carbocycles. The van der Waals surface area contributed by atoms with Gasteiger partial charge in [0.15, 0.2) is 5.78 Å². The van der Waals surface area contributed by atoms with Crippen molar-refractivity contribution in [1.82, 2.24) is 19.7 Å². The van der Waals surface area contributed by atoms with E-state index in [4.69, 9.17) is 11.6 Å². The molecule has 3 rings (SSSR count). The van der Waals surface area contributed by atoms with Crippen LogP contribution >= 0.6 is 11.6 Å². The summed E-state index contributed by atoms with van der Waals surface area (Å²) in [5.74, 6) is 1.01. The average molecular weight is 277 g/mol. The Morgan fingerprint density at radius 3 is 2.84 bits per heavy atom. The van der Waals surface area contributed by atoms with Gasteiger partial charge in [0.25, 0.3) is 0 Å². The van der Waals surface area contributed by atoms with Crippen molar-refractivity contribution in [1.29, 1.82) is 0 Å². The van der Waals surface area contributed by atoms with Crippen LogP contribution in [0.25, 0.3) is 0 Å². The standard InChI is InChI=1S/C13H13ClN4O/c14-11-3-1-10(2-4-11)12(19)7-17-5-6-18-9-15-16-13(18)8-17/h1-4,9H,5-8H2. The van der Waals surface area contributed by atoms with Gasteiger partial charge in [-0.1, -0.05) is 11.6 Å². The number of ketones is 1. The van der Waals surface area contributed by atoms with Gasteiger partial charge in [-0.05, 0) is 24.3 Å². The van der Waals surface area contributed by atoms with Crippen LogP contribution in [-0.2, 0) is 13.1 Å². The Morgan fingerprint density at radius 2 is 2.05 bits per heavy atom. The summed E-state index contributed by atoms with van der Waals surface area (Å²) >= 11 is 5.81. The number of nitrogens with zero attached hydrogens (tertiary/aromatic N) is 4. The molecule has 0 saturated carbocycles. The number of Topliss-reactive ketones (excluding diaryl/α,β-unsaturated/α-hetero) is 1. The summed E-state index contributed by atoms with van der Waals surface area (Å²) in [6, 6.07) is 7.00. The van der Waals surface area contributed by atoms with Crippen molar-refractivity contribution < 1.29 is 4.79 Å². The third-order valence-corrected chi connectivity index (χ3v) is 3.50. The molecule has 1 aliphatic rings. The molecule has 6 heteroatoms. The molecular formula is C13H13ClN4O. The normalized spacial score (nSPS) is 15.2. The lowest BCUT2D eigenvalue weighted by atomic mass is 10.1. The smallest absolute Gasteiger partial charge is 0.176 e. The van der Waals surface area contributed by atoms with Gasteiger partial charge in [-0.15, -0.1) is 10.2 Å². The predicted molar refractivity (Wildman–Crippen MR) is 71.1 cm³/mol. The van der Waals surface area contributed by atoms with Crippen molar-refractivity contribution in [3.63, 3.8) is 0 Å². The van der Waals surface area contributed by atoms with Gasteiger partial charge in [0.05, 0.1) is 13.1 Å². The first-order chi connectivity index (χ1) is 9.22. The van der Waals surface area contributed by atoms with Crippen molar-refractivity contribution in [2.24, 2.45) is 0 Å². The molecule has 0 amide bonds. The van der Waals surface area contributed by atoms with E-state index in [2.05, 4.69) is 15.1 Å². The van der Waals surface area contributed by atoms with E-state index < -0.39 is 0 Å². The fourth-order valence-corrected chi connectivity index (χ4v) is 2.31. The third kappa shape index (κ3) is 2.67. The number of benzene rings is 1.